The summed E-state index contributed by atoms with van der Waals surface area (Å²) in [7, 11) is 0. The van der Waals surface area contributed by atoms with Crippen LogP contribution in [0.4, 0.5) is 0 Å². The topological polar surface area (TPSA) is 7.98 Å². The van der Waals surface area contributed by atoms with E-state index in [0.717, 1.165) is 6.54 Å². The van der Waals surface area contributed by atoms with Crippen molar-refractivity contribution in [2.24, 2.45) is 0 Å². The maximum Gasteiger partial charge on any atom is 0.218 e. The minimum Gasteiger partial charge on any atom is -0.194 e. The Kier molecular flexibility index (Phi) is 4.33. The Labute approximate surface area is 171 Å². The van der Waals surface area contributed by atoms with Gasteiger partial charge in [-0.25, -0.2) is 0 Å². The van der Waals surface area contributed by atoms with Crippen LogP contribution in [0, 0.1) is 13.8 Å². The van der Waals surface area contributed by atoms with E-state index >= 15 is 0 Å². The number of hydrogen-bond acceptors (Lipinski definition) is 0. The number of pyridine rings is 3. The Balaban J connectivity index is 1.72. The zero-order valence-electron chi connectivity index (χ0n) is 16.8. The van der Waals surface area contributed by atoms with Gasteiger partial charge in [-0.2, -0.15) is 8.97 Å². The first-order chi connectivity index (χ1) is 14.2. The molecule has 0 saturated carbocycles. The number of benzene rings is 2. The van der Waals surface area contributed by atoms with E-state index in [-0.39, 0.29) is 0 Å². The van der Waals surface area contributed by atoms with E-state index in [2.05, 4.69) is 120 Å². The lowest BCUT2D eigenvalue weighted by molar-refractivity contribution is -0.678. The molecule has 29 heavy (non-hydrogen) atoms. The minimum atomic E-state index is 0.821. The average molecular weight is 377 g/mol. The fraction of sp³-hybridized carbons (Fsp3) is 0.111. The predicted octanol–water partition coefficient (Wildman–Crippen LogP) is 5.20. The summed E-state index contributed by atoms with van der Waals surface area (Å²) >= 11 is 0. The SMILES string of the molecule is Cc1ccc2c(C[n+]3ccccc3-c3ccccc3C)c[n+]3ccccc3c2c1. The van der Waals surface area contributed by atoms with Crippen LogP contribution in [0.25, 0.3) is 27.5 Å². The third-order valence-electron chi connectivity index (χ3n) is 5.68. The molecule has 5 rings (SSSR count). The molecule has 0 N–H and O–H groups in total. The van der Waals surface area contributed by atoms with Crippen molar-refractivity contribution >= 4 is 16.3 Å². The second-order valence-corrected chi connectivity index (χ2v) is 7.73. The maximum atomic E-state index is 2.35. The minimum absolute atomic E-state index is 0.821. The van der Waals surface area contributed by atoms with E-state index < -0.39 is 0 Å². The van der Waals surface area contributed by atoms with Crippen LogP contribution in [-0.2, 0) is 6.54 Å². The van der Waals surface area contributed by atoms with Gasteiger partial charge in [-0.1, -0.05) is 35.9 Å². The molecular weight excluding hydrogens is 352 g/mol. The normalized spacial score (nSPS) is 11.2. The van der Waals surface area contributed by atoms with E-state index in [9.17, 15) is 0 Å². The Bertz CT molecular complexity index is 1350. The first kappa shape index (κ1) is 17.6. The second kappa shape index (κ2) is 7.14. The molecule has 0 spiro atoms. The summed E-state index contributed by atoms with van der Waals surface area (Å²) in [6.45, 7) is 5.16. The fourth-order valence-corrected chi connectivity index (χ4v) is 4.21. The standard InChI is InChI=1S/C27H24N2/c1-20-13-14-24-22(19-29-16-8-6-12-27(29)25(24)17-20)18-28-15-7-5-11-26(28)23-10-4-3-9-21(23)2/h3-17,19H,18H2,1-2H3/q+2. The van der Waals surface area contributed by atoms with E-state index in [1.807, 2.05) is 0 Å². The van der Waals surface area contributed by atoms with E-state index in [4.69, 9.17) is 0 Å². The van der Waals surface area contributed by atoms with Gasteiger partial charge in [0.25, 0.3) is 0 Å². The highest BCUT2D eigenvalue weighted by molar-refractivity contribution is 5.95. The molecule has 2 heteroatoms. The molecule has 0 amide bonds. The van der Waals surface area contributed by atoms with Gasteiger partial charge < -0.3 is 0 Å². The van der Waals surface area contributed by atoms with Gasteiger partial charge in [0.05, 0.1) is 10.9 Å². The Morgan fingerprint density at radius 2 is 1.52 bits per heavy atom. The van der Waals surface area contributed by atoms with Crippen molar-refractivity contribution in [2.45, 2.75) is 20.4 Å². The van der Waals surface area contributed by atoms with Crippen LogP contribution in [0.15, 0.2) is 97.5 Å². The van der Waals surface area contributed by atoms with E-state index in [1.54, 1.807) is 0 Å². The third-order valence-corrected chi connectivity index (χ3v) is 5.68. The molecule has 0 aliphatic carbocycles. The van der Waals surface area contributed by atoms with Gasteiger partial charge in [0.15, 0.2) is 25.1 Å². The molecule has 0 aliphatic rings. The molecule has 0 radical (unpaired) electrons. The fourth-order valence-electron chi connectivity index (χ4n) is 4.21. The lowest BCUT2D eigenvalue weighted by Gasteiger charge is -2.09. The van der Waals surface area contributed by atoms with Crippen molar-refractivity contribution in [1.82, 2.24) is 0 Å². The molecule has 2 nitrogen and oxygen atoms in total. The number of nitrogens with zero attached hydrogens (tertiary/aromatic N) is 2. The highest BCUT2D eigenvalue weighted by atomic mass is 15.0. The van der Waals surface area contributed by atoms with Crippen molar-refractivity contribution in [3.8, 4) is 11.3 Å². The molecule has 5 aromatic rings. The summed E-state index contributed by atoms with van der Waals surface area (Å²) in [6, 6.07) is 28.2. The molecule has 0 saturated heterocycles. The lowest BCUT2D eigenvalue weighted by atomic mass is 10.0. The molecule has 0 aliphatic heterocycles. The van der Waals surface area contributed by atoms with Crippen LogP contribution in [0.1, 0.15) is 16.7 Å². The van der Waals surface area contributed by atoms with Crippen molar-refractivity contribution in [2.75, 3.05) is 0 Å². The maximum absolute atomic E-state index is 2.35. The van der Waals surface area contributed by atoms with Gasteiger partial charge >= 0.3 is 0 Å². The summed E-state index contributed by atoms with van der Waals surface area (Å²) in [5.74, 6) is 0. The summed E-state index contributed by atoms with van der Waals surface area (Å²) in [5.41, 5.74) is 7.65. The molecular formula is C27H24N2+2. The van der Waals surface area contributed by atoms with Gasteiger partial charge in [0.1, 0.15) is 0 Å². The van der Waals surface area contributed by atoms with Crippen LogP contribution < -0.4 is 8.97 Å². The highest BCUT2D eigenvalue weighted by Gasteiger charge is 2.19. The molecule has 3 aromatic heterocycles. The van der Waals surface area contributed by atoms with Crippen LogP contribution >= 0.6 is 0 Å². The number of aromatic nitrogens is 2. The quantitative estimate of drug-likeness (QED) is 0.302. The van der Waals surface area contributed by atoms with Crippen LogP contribution in [0.5, 0.6) is 0 Å². The zero-order chi connectivity index (χ0) is 19.8. The number of fused-ring (bicyclic) bond motifs is 3. The van der Waals surface area contributed by atoms with Crippen LogP contribution in [-0.4, -0.2) is 0 Å². The van der Waals surface area contributed by atoms with E-state index in [1.165, 1.54) is 44.2 Å². The van der Waals surface area contributed by atoms with Gasteiger partial charge in [-0.15, -0.1) is 0 Å². The summed E-state index contributed by atoms with van der Waals surface area (Å²) in [6.07, 6.45) is 6.59. The average Bonchev–Trinajstić information content (AvgIpc) is 2.75. The van der Waals surface area contributed by atoms with Gasteiger partial charge in [0.2, 0.25) is 11.2 Å². The summed E-state index contributed by atoms with van der Waals surface area (Å²) in [4.78, 5) is 0. The monoisotopic (exact) mass is 376 g/mol. The van der Waals surface area contributed by atoms with Gasteiger partial charge in [-0.3, -0.25) is 0 Å². The van der Waals surface area contributed by atoms with E-state index in [0.29, 0.717) is 0 Å². The second-order valence-electron chi connectivity index (χ2n) is 7.73. The summed E-state index contributed by atoms with van der Waals surface area (Å²) < 4.78 is 4.60. The van der Waals surface area contributed by atoms with Crippen molar-refractivity contribution in [3.63, 3.8) is 0 Å². The first-order valence-electron chi connectivity index (χ1n) is 10.1. The molecule has 0 atom stereocenters. The smallest absolute Gasteiger partial charge is 0.194 e. The van der Waals surface area contributed by atoms with Crippen molar-refractivity contribution in [3.05, 3.63) is 114 Å². The molecule has 0 unspecified atom stereocenters. The van der Waals surface area contributed by atoms with Crippen LogP contribution in [0.3, 0.4) is 0 Å². The first-order valence-corrected chi connectivity index (χ1v) is 10.1. The van der Waals surface area contributed by atoms with Gasteiger partial charge in [-0.05, 0) is 43.7 Å². The highest BCUT2D eigenvalue weighted by Crippen LogP contribution is 2.24. The number of rotatable bonds is 3. The molecule has 3 heterocycles. The lowest BCUT2D eigenvalue weighted by Crippen LogP contribution is -2.37. The van der Waals surface area contributed by atoms with Crippen LogP contribution in [0.2, 0.25) is 0 Å². The third kappa shape index (κ3) is 3.17. The molecule has 0 fully saturated rings. The van der Waals surface area contributed by atoms with Crippen molar-refractivity contribution < 1.29 is 8.97 Å². The Morgan fingerprint density at radius 1 is 0.724 bits per heavy atom. The largest absolute Gasteiger partial charge is 0.218 e. The molecule has 2 aromatic carbocycles. The molecule has 0 bridgehead atoms. The summed E-state index contributed by atoms with van der Waals surface area (Å²) in [5, 5.41) is 2.62. The zero-order valence-corrected chi connectivity index (χ0v) is 16.8. The van der Waals surface area contributed by atoms with Gasteiger partial charge in [0, 0.05) is 35.2 Å². The Morgan fingerprint density at radius 3 is 2.41 bits per heavy atom. The number of aryl methyl sites for hydroxylation is 2. The Hall–Kier alpha value is -3.52. The number of hydrogen-bond donors (Lipinski definition) is 0. The molecule has 140 valence electrons. The van der Waals surface area contributed by atoms with Crippen molar-refractivity contribution in [1.29, 1.82) is 0 Å². The predicted molar refractivity (Wildman–Crippen MR) is 118 cm³/mol.